The molecule has 24 heavy (non-hydrogen) atoms. The number of nitrogens with zero attached hydrogens (tertiary/aromatic N) is 2. The third-order valence-electron chi connectivity index (χ3n) is 3.92. The van der Waals surface area contributed by atoms with Crippen LogP contribution in [-0.2, 0) is 12.8 Å². The van der Waals surface area contributed by atoms with E-state index in [1.54, 1.807) is 17.6 Å². The number of fused-ring (bicyclic) bond motifs is 1. The second kappa shape index (κ2) is 7.50. The standard InChI is InChI=1S/C19H19BrN2OS/c1-12(2)23-17-8-7-14(20)9-13(17)11-22-19-16(10-21)15-5-3-4-6-18(15)24-19/h7-9,11-12H,3-6H2,1-2H3. The maximum Gasteiger partial charge on any atom is 0.134 e. The molecule has 2 aromatic rings. The number of thiophene rings is 1. The predicted octanol–water partition coefficient (Wildman–Crippen LogP) is 5.80. The molecule has 3 rings (SSSR count). The SMILES string of the molecule is CC(C)Oc1ccc(Br)cc1C=Nc1sc2c(c1C#N)CCCC2. The second-order valence-corrected chi connectivity index (χ2v) is 8.11. The molecule has 0 saturated heterocycles. The van der Waals surface area contributed by atoms with Gasteiger partial charge in [-0.1, -0.05) is 15.9 Å². The van der Waals surface area contributed by atoms with Crippen LogP contribution in [0.5, 0.6) is 5.75 Å². The monoisotopic (exact) mass is 402 g/mol. The molecule has 0 radical (unpaired) electrons. The van der Waals surface area contributed by atoms with Gasteiger partial charge in [-0.2, -0.15) is 5.26 Å². The average molecular weight is 403 g/mol. The summed E-state index contributed by atoms with van der Waals surface area (Å²) >= 11 is 5.15. The summed E-state index contributed by atoms with van der Waals surface area (Å²) in [4.78, 5) is 5.96. The summed E-state index contributed by atoms with van der Waals surface area (Å²) in [6.07, 6.45) is 6.35. The zero-order chi connectivity index (χ0) is 17.1. The lowest BCUT2D eigenvalue weighted by atomic mass is 9.96. The molecule has 0 fully saturated rings. The molecule has 0 N–H and O–H groups in total. The Bertz CT molecular complexity index is 818. The highest BCUT2D eigenvalue weighted by Gasteiger charge is 2.20. The zero-order valence-electron chi connectivity index (χ0n) is 13.8. The molecule has 0 bridgehead atoms. The third kappa shape index (κ3) is 3.71. The fraction of sp³-hybridized carbons (Fsp3) is 0.368. The minimum Gasteiger partial charge on any atom is -0.490 e. The Labute approximate surface area is 155 Å². The maximum atomic E-state index is 9.53. The molecule has 0 atom stereocenters. The van der Waals surface area contributed by atoms with Crippen molar-refractivity contribution in [3.05, 3.63) is 44.2 Å². The van der Waals surface area contributed by atoms with Crippen LogP contribution < -0.4 is 4.74 Å². The van der Waals surface area contributed by atoms with Crippen molar-refractivity contribution in [2.24, 2.45) is 4.99 Å². The van der Waals surface area contributed by atoms with Crippen LogP contribution in [0.15, 0.2) is 27.7 Å². The lowest BCUT2D eigenvalue weighted by molar-refractivity contribution is 0.242. The summed E-state index contributed by atoms with van der Waals surface area (Å²) < 4.78 is 6.83. The quantitative estimate of drug-likeness (QED) is 0.606. The number of halogens is 1. The number of nitriles is 1. The molecule has 3 nitrogen and oxygen atoms in total. The summed E-state index contributed by atoms with van der Waals surface area (Å²) in [5.41, 5.74) is 2.88. The van der Waals surface area contributed by atoms with Gasteiger partial charge in [-0.3, -0.25) is 0 Å². The molecule has 1 heterocycles. The van der Waals surface area contributed by atoms with Crippen LogP contribution in [0.2, 0.25) is 0 Å². The Hall–Kier alpha value is -1.64. The number of ether oxygens (including phenoxy) is 1. The first-order valence-electron chi connectivity index (χ1n) is 8.13. The Morgan fingerprint density at radius 1 is 1.33 bits per heavy atom. The van der Waals surface area contributed by atoms with Gasteiger partial charge in [0.25, 0.3) is 0 Å². The van der Waals surface area contributed by atoms with Crippen LogP contribution >= 0.6 is 27.3 Å². The molecular formula is C19H19BrN2OS. The Balaban J connectivity index is 1.96. The Morgan fingerprint density at radius 2 is 2.12 bits per heavy atom. The van der Waals surface area contributed by atoms with Crippen LogP contribution in [0.1, 0.15) is 48.3 Å². The first kappa shape index (κ1) is 17.2. The van der Waals surface area contributed by atoms with E-state index in [0.717, 1.165) is 39.2 Å². The molecule has 0 amide bonds. The van der Waals surface area contributed by atoms with Crippen molar-refractivity contribution in [1.29, 1.82) is 5.26 Å². The minimum atomic E-state index is 0.0991. The molecule has 0 unspecified atom stereocenters. The van der Waals surface area contributed by atoms with Gasteiger partial charge in [0.05, 0.1) is 11.7 Å². The van der Waals surface area contributed by atoms with E-state index in [1.165, 1.54) is 23.3 Å². The van der Waals surface area contributed by atoms with Crippen LogP contribution in [-0.4, -0.2) is 12.3 Å². The first-order chi connectivity index (χ1) is 11.6. The van der Waals surface area contributed by atoms with Gasteiger partial charge in [-0.25, -0.2) is 4.99 Å². The molecule has 124 valence electrons. The maximum absolute atomic E-state index is 9.53. The van der Waals surface area contributed by atoms with E-state index in [9.17, 15) is 5.26 Å². The first-order valence-corrected chi connectivity index (χ1v) is 9.74. The topological polar surface area (TPSA) is 45.4 Å². The van der Waals surface area contributed by atoms with Crippen molar-refractivity contribution in [3.63, 3.8) is 0 Å². The smallest absolute Gasteiger partial charge is 0.134 e. The van der Waals surface area contributed by atoms with E-state index in [-0.39, 0.29) is 6.10 Å². The number of benzene rings is 1. The molecule has 5 heteroatoms. The molecule has 0 spiro atoms. The molecule has 1 aromatic heterocycles. The van der Waals surface area contributed by atoms with Crippen molar-refractivity contribution in [2.45, 2.75) is 45.6 Å². The van der Waals surface area contributed by atoms with Crippen molar-refractivity contribution >= 4 is 38.5 Å². The summed E-state index contributed by atoms with van der Waals surface area (Å²) in [6, 6.07) is 8.24. The van der Waals surface area contributed by atoms with E-state index in [2.05, 4.69) is 27.0 Å². The summed E-state index contributed by atoms with van der Waals surface area (Å²) in [6.45, 7) is 4.01. The van der Waals surface area contributed by atoms with Crippen molar-refractivity contribution < 1.29 is 4.74 Å². The molecule has 1 aliphatic rings. The van der Waals surface area contributed by atoms with Crippen molar-refractivity contribution in [3.8, 4) is 11.8 Å². The minimum absolute atomic E-state index is 0.0991. The van der Waals surface area contributed by atoms with Gasteiger partial charge in [0.15, 0.2) is 0 Å². The summed E-state index contributed by atoms with van der Waals surface area (Å²) in [5.74, 6) is 0.803. The number of aryl methyl sites for hydroxylation is 1. The Morgan fingerprint density at radius 3 is 2.88 bits per heavy atom. The number of aliphatic imine (C=N–C) groups is 1. The van der Waals surface area contributed by atoms with E-state index in [1.807, 2.05) is 32.0 Å². The van der Waals surface area contributed by atoms with Crippen LogP contribution in [0.25, 0.3) is 0 Å². The average Bonchev–Trinajstić information content (AvgIpc) is 2.92. The normalized spacial score (nSPS) is 14.0. The lowest BCUT2D eigenvalue weighted by Gasteiger charge is -2.12. The fourth-order valence-electron chi connectivity index (χ4n) is 2.87. The van der Waals surface area contributed by atoms with Gasteiger partial charge in [0, 0.05) is 21.1 Å². The van der Waals surface area contributed by atoms with Crippen LogP contribution in [0.4, 0.5) is 5.00 Å². The number of hydrogen-bond donors (Lipinski definition) is 0. The van der Waals surface area contributed by atoms with Crippen LogP contribution in [0, 0.1) is 11.3 Å². The van der Waals surface area contributed by atoms with E-state index in [4.69, 9.17) is 4.74 Å². The highest BCUT2D eigenvalue weighted by Crippen LogP contribution is 2.39. The predicted molar refractivity (Wildman–Crippen MR) is 103 cm³/mol. The largest absolute Gasteiger partial charge is 0.490 e. The third-order valence-corrected chi connectivity index (χ3v) is 5.61. The van der Waals surface area contributed by atoms with Gasteiger partial charge in [0.1, 0.15) is 16.8 Å². The van der Waals surface area contributed by atoms with Gasteiger partial charge in [-0.05, 0) is 63.3 Å². The summed E-state index contributed by atoms with van der Waals surface area (Å²) in [7, 11) is 0. The number of hydrogen-bond acceptors (Lipinski definition) is 4. The second-order valence-electron chi connectivity index (χ2n) is 6.11. The van der Waals surface area contributed by atoms with Gasteiger partial charge >= 0.3 is 0 Å². The molecule has 0 saturated carbocycles. The van der Waals surface area contributed by atoms with Gasteiger partial charge < -0.3 is 4.74 Å². The Kier molecular flexibility index (Phi) is 5.37. The zero-order valence-corrected chi connectivity index (χ0v) is 16.2. The lowest BCUT2D eigenvalue weighted by Crippen LogP contribution is -2.07. The van der Waals surface area contributed by atoms with Crippen molar-refractivity contribution in [1.82, 2.24) is 0 Å². The van der Waals surface area contributed by atoms with Crippen LogP contribution in [0.3, 0.4) is 0 Å². The fourth-order valence-corrected chi connectivity index (χ4v) is 4.43. The van der Waals surface area contributed by atoms with Gasteiger partial charge in [0.2, 0.25) is 0 Å². The number of rotatable bonds is 4. The van der Waals surface area contributed by atoms with Crippen molar-refractivity contribution in [2.75, 3.05) is 0 Å². The van der Waals surface area contributed by atoms with E-state index in [0.29, 0.717) is 0 Å². The molecule has 1 aromatic carbocycles. The van der Waals surface area contributed by atoms with Gasteiger partial charge in [-0.15, -0.1) is 11.3 Å². The van der Waals surface area contributed by atoms with E-state index >= 15 is 0 Å². The summed E-state index contributed by atoms with van der Waals surface area (Å²) in [5, 5.41) is 10.3. The highest BCUT2D eigenvalue weighted by molar-refractivity contribution is 9.10. The highest BCUT2D eigenvalue weighted by atomic mass is 79.9. The molecule has 1 aliphatic carbocycles. The molecule has 0 aliphatic heterocycles. The van der Waals surface area contributed by atoms with E-state index < -0.39 is 0 Å². The molecular weight excluding hydrogens is 384 g/mol.